The van der Waals surface area contributed by atoms with E-state index in [9.17, 15) is 4.79 Å². The zero-order valence-electron chi connectivity index (χ0n) is 8.75. The van der Waals surface area contributed by atoms with Gasteiger partial charge in [0.1, 0.15) is 0 Å². The lowest BCUT2D eigenvalue weighted by Crippen LogP contribution is -2.25. The van der Waals surface area contributed by atoms with Gasteiger partial charge in [0.2, 0.25) is 5.95 Å². The Balaban J connectivity index is 2.18. The fourth-order valence-corrected chi connectivity index (χ4v) is 1.66. The highest BCUT2D eigenvalue weighted by Gasteiger charge is 2.11. The van der Waals surface area contributed by atoms with Gasteiger partial charge in [-0.1, -0.05) is 0 Å². The Morgan fingerprint density at radius 1 is 1.53 bits per heavy atom. The molecule has 0 saturated heterocycles. The first-order chi connectivity index (χ1) is 8.25. The summed E-state index contributed by atoms with van der Waals surface area (Å²) in [6.45, 7) is 0.323. The number of hydrogen-bond acceptors (Lipinski definition) is 5. The Morgan fingerprint density at radius 3 is 3.18 bits per heavy atom. The maximum atomic E-state index is 12.1. The molecule has 0 atom stereocenters. The molecule has 17 heavy (non-hydrogen) atoms. The first-order valence-electron chi connectivity index (χ1n) is 4.96. The third-order valence-electron chi connectivity index (χ3n) is 2.50. The Morgan fingerprint density at radius 2 is 2.41 bits per heavy atom. The van der Waals surface area contributed by atoms with E-state index in [4.69, 9.17) is 10.2 Å². The summed E-state index contributed by atoms with van der Waals surface area (Å²) in [5, 5.41) is 0. The van der Waals surface area contributed by atoms with E-state index in [0.717, 1.165) is 5.56 Å². The minimum absolute atomic E-state index is 0.135. The van der Waals surface area contributed by atoms with Crippen molar-refractivity contribution in [3.63, 3.8) is 0 Å². The molecular formula is C10H9N5O2. The molecule has 0 aliphatic carbocycles. The molecule has 0 radical (unpaired) electrons. The summed E-state index contributed by atoms with van der Waals surface area (Å²) in [5.74, 6) is 0.135. The van der Waals surface area contributed by atoms with E-state index in [1.807, 2.05) is 0 Å². The minimum Gasteiger partial charge on any atom is -0.472 e. The monoisotopic (exact) mass is 231 g/mol. The van der Waals surface area contributed by atoms with E-state index in [1.54, 1.807) is 18.6 Å². The lowest BCUT2D eigenvalue weighted by Gasteiger charge is -2.06. The van der Waals surface area contributed by atoms with Gasteiger partial charge in [-0.2, -0.15) is 4.98 Å². The zero-order chi connectivity index (χ0) is 11.8. The molecule has 0 amide bonds. The predicted octanol–water partition coefficient (Wildman–Crippen LogP) is 0.343. The number of aromatic amines is 1. The van der Waals surface area contributed by atoms with E-state index >= 15 is 0 Å². The van der Waals surface area contributed by atoms with Crippen molar-refractivity contribution < 1.29 is 4.42 Å². The van der Waals surface area contributed by atoms with Crippen LogP contribution in [0.1, 0.15) is 5.56 Å². The van der Waals surface area contributed by atoms with Crippen LogP contribution in [0.3, 0.4) is 0 Å². The van der Waals surface area contributed by atoms with Crippen molar-refractivity contribution in [1.82, 2.24) is 19.5 Å². The smallest absolute Gasteiger partial charge is 0.281 e. The highest BCUT2D eigenvalue weighted by Crippen LogP contribution is 2.08. The number of imidazole rings is 1. The fraction of sp³-hybridized carbons (Fsp3) is 0.100. The number of nitrogen functional groups attached to an aromatic ring is 1. The summed E-state index contributed by atoms with van der Waals surface area (Å²) in [6.07, 6.45) is 4.52. The summed E-state index contributed by atoms with van der Waals surface area (Å²) in [7, 11) is 0. The van der Waals surface area contributed by atoms with Gasteiger partial charge in [-0.3, -0.25) is 9.36 Å². The third-order valence-corrected chi connectivity index (χ3v) is 2.50. The first-order valence-corrected chi connectivity index (χ1v) is 4.96. The molecule has 0 unspecified atom stereocenters. The molecule has 3 rings (SSSR count). The molecule has 3 aromatic heterocycles. The zero-order valence-corrected chi connectivity index (χ0v) is 8.75. The normalized spacial score (nSPS) is 11.1. The van der Waals surface area contributed by atoms with E-state index in [2.05, 4.69) is 15.0 Å². The van der Waals surface area contributed by atoms with Gasteiger partial charge < -0.3 is 15.1 Å². The van der Waals surface area contributed by atoms with E-state index in [1.165, 1.54) is 10.9 Å². The average Bonchev–Trinajstić information content (AvgIpc) is 2.94. The lowest BCUT2D eigenvalue weighted by atomic mass is 10.3. The van der Waals surface area contributed by atoms with Crippen LogP contribution in [-0.2, 0) is 6.54 Å². The number of aromatic nitrogens is 4. The van der Waals surface area contributed by atoms with Crippen LogP contribution in [0.15, 0.2) is 34.1 Å². The van der Waals surface area contributed by atoms with Gasteiger partial charge in [-0.15, -0.1) is 0 Å². The molecule has 3 N–H and O–H groups in total. The van der Waals surface area contributed by atoms with Crippen molar-refractivity contribution in [3.05, 3.63) is 40.8 Å². The van der Waals surface area contributed by atoms with Crippen LogP contribution in [0, 0.1) is 0 Å². The SMILES string of the molecule is Nc1nc2nc[nH]c2c(=O)n1Cc1ccoc1. The third kappa shape index (κ3) is 1.48. The van der Waals surface area contributed by atoms with Crippen LogP contribution in [0.2, 0.25) is 0 Å². The van der Waals surface area contributed by atoms with Crippen LogP contribution in [0.4, 0.5) is 5.95 Å². The summed E-state index contributed by atoms with van der Waals surface area (Å²) in [6, 6.07) is 1.77. The molecule has 0 saturated carbocycles. The summed E-state index contributed by atoms with van der Waals surface area (Å²) in [5.41, 5.74) is 7.01. The van der Waals surface area contributed by atoms with Crippen molar-refractivity contribution >= 4 is 17.1 Å². The first kappa shape index (κ1) is 9.64. The van der Waals surface area contributed by atoms with Crippen molar-refractivity contribution in [1.29, 1.82) is 0 Å². The predicted molar refractivity (Wildman–Crippen MR) is 60.4 cm³/mol. The van der Waals surface area contributed by atoms with Crippen molar-refractivity contribution in [2.75, 3.05) is 5.73 Å². The van der Waals surface area contributed by atoms with Crippen LogP contribution >= 0.6 is 0 Å². The number of nitrogens with zero attached hydrogens (tertiary/aromatic N) is 3. The topological polar surface area (TPSA) is 103 Å². The lowest BCUT2D eigenvalue weighted by molar-refractivity contribution is 0.562. The second kappa shape index (κ2) is 3.48. The maximum Gasteiger partial charge on any atom is 0.281 e. The molecular weight excluding hydrogens is 222 g/mol. The highest BCUT2D eigenvalue weighted by atomic mass is 16.3. The minimum atomic E-state index is -0.244. The molecule has 86 valence electrons. The Bertz CT molecular complexity index is 710. The summed E-state index contributed by atoms with van der Waals surface area (Å²) in [4.78, 5) is 22.8. The highest BCUT2D eigenvalue weighted by molar-refractivity contribution is 5.69. The van der Waals surface area contributed by atoms with Crippen molar-refractivity contribution in [2.24, 2.45) is 0 Å². The van der Waals surface area contributed by atoms with Crippen LogP contribution in [0.5, 0.6) is 0 Å². The number of nitrogens with one attached hydrogen (secondary N) is 1. The molecule has 3 heterocycles. The number of rotatable bonds is 2. The van der Waals surface area contributed by atoms with E-state index in [-0.39, 0.29) is 11.5 Å². The number of furan rings is 1. The van der Waals surface area contributed by atoms with Crippen molar-refractivity contribution in [3.8, 4) is 0 Å². The number of nitrogens with two attached hydrogens (primary N) is 1. The van der Waals surface area contributed by atoms with Crippen LogP contribution in [-0.4, -0.2) is 19.5 Å². The second-order valence-corrected chi connectivity index (χ2v) is 3.59. The number of fused-ring (bicyclic) bond motifs is 1. The van der Waals surface area contributed by atoms with Gasteiger partial charge in [-0.05, 0) is 6.07 Å². The Hall–Kier alpha value is -2.57. The summed E-state index contributed by atoms with van der Waals surface area (Å²) >= 11 is 0. The maximum absolute atomic E-state index is 12.1. The molecule has 0 aromatic carbocycles. The molecule has 0 fully saturated rings. The largest absolute Gasteiger partial charge is 0.472 e. The van der Waals surface area contributed by atoms with Crippen LogP contribution in [0.25, 0.3) is 11.2 Å². The molecule has 0 aliphatic heterocycles. The van der Waals surface area contributed by atoms with Gasteiger partial charge >= 0.3 is 0 Å². The number of hydrogen-bond donors (Lipinski definition) is 2. The molecule has 7 nitrogen and oxygen atoms in total. The molecule has 7 heteroatoms. The second-order valence-electron chi connectivity index (χ2n) is 3.59. The number of H-pyrrole nitrogens is 1. The fourth-order valence-electron chi connectivity index (χ4n) is 1.66. The Labute approximate surface area is 94.9 Å². The quantitative estimate of drug-likeness (QED) is 0.662. The Kier molecular flexibility index (Phi) is 1.97. The molecule has 0 aliphatic rings. The molecule has 0 bridgehead atoms. The van der Waals surface area contributed by atoms with Gasteiger partial charge in [0.15, 0.2) is 11.2 Å². The average molecular weight is 231 g/mol. The van der Waals surface area contributed by atoms with Crippen molar-refractivity contribution in [2.45, 2.75) is 6.54 Å². The van der Waals surface area contributed by atoms with E-state index < -0.39 is 0 Å². The standard InChI is InChI=1S/C10H9N5O2/c11-10-14-8-7(12-5-13-8)9(16)15(10)3-6-1-2-17-4-6/h1-2,4-5H,3H2,(H2,11,14)(H,12,13). The van der Waals surface area contributed by atoms with Gasteiger partial charge in [0.05, 0.1) is 25.4 Å². The van der Waals surface area contributed by atoms with E-state index in [0.29, 0.717) is 17.7 Å². The van der Waals surface area contributed by atoms with Crippen LogP contribution < -0.4 is 11.3 Å². The van der Waals surface area contributed by atoms with Gasteiger partial charge in [0, 0.05) is 5.56 Å². The van der Waals surface area contributed by atoms with Gasteiger partial charge in [-0.25, -0.2) is 4.98 Å². The molecule has 3 aromatic rings. The summed E-state index contributed by atoms with van der Waals surface area (Å²) < 4.78 is 6.31. The molecule has 0 spiro atoms. The number of anilines is 1. The van der Waals surface area contributed by atoms with Gasteiger partial charge in [0.25, 0.3) is 5.56 Å².